The molecular formula is C27H32N8O6. The van der Waals surface area contributed by atoms with E-state index in [0.717, 1.165) is 17.2 Å². The molecular weight excluding hydrogens is 532 g/mol. The first-order valence-corrected chi connectivity index (χ1v) is 12.5. The second-order valence-corrected chi connectivity index (χ2v) is 8.38. The molecule has 2 aromatic heterocycles. The van der Waals surface area contributed by atoms with E-state index in [-0.39, 0.29) is 11.8 Å². The van der Waals surface area contributed by atoms with Crippen LogP contribution in [0.25, 0.3) is 5.95 Å². The third-order valence-corrected chi connectivity index (χ3v) is 5.26. The van der Waals surface area contributed by atoms with Crippen LogP contribution >= 0.6 is 0 Å². The minimum Gasteiger partial charge on any atom is -0.494 e. The Morgan fingerprint density at radius 3 is 2.34 bits per heavy atom. The van der Waals surface area contributed by atoms with Crippen LogP contribution in [0.1, 0.15) is 36.8 Å². The maximum absolute atomic E-state index is 12.8. The van der Waals surface area contributed by atoms with Crippen molar-refractivity contribution in [2.75, 3.05) is 32.2 Å². The Kier molecular flexibility index (Phi) is 10.9. The summed E-state index contributed by atoms with van der Waals surface area (Å²) >= 11 is 0. The molecule has 14 nitrogen and oxygen atoms in total. The summed E-state index contributed by atoms with van der Waals surface area (Å²) in [5.41, 5.74) is 7.14. The highest BCUT2D eigenvalue weighted by atomic mass is 16.5. The van der Waals surface area contributed by atoms with Crippen LogP contribution in [-0.2, 0) is 9.53 Å². The topological polar surface area (TPSA) is 203 Å². The van der Waals surface area contributed by atoms with Crippen molar-refractivity contribution in [1.29, 1.82) is 5.41 Å². The molecule has 0 aliphatic carbocycles. The summed E-state index contributed by atoms with van der Waals surface area (Å²) < 4.78 is 17.8. The Balaban J connectivity index is 0.00000108. The summed E-state index contributed by atoms with van der Waals surface area (Å²) in [4.78, 5) is 32.9. The second kappa shape index (κ2) is 14.8. The highest BCUT2D eigenvalue weighted by Crippen LogP contribution is 2.31. The molecule has 0 radical (unpaired) electrons. The molecule has 1 atom stereocenters. The zero-order valence-corrected chi connectivity index (χ0v) is 22.8. The standard InChI is InChI=1S/C25H28N8O4.C2H4O2/c1-3-36-19-13-17(14-20(15-19)37-12-11-35-2)21(30-18-7-5-16(6-8-18)22(26)27)23-31-25(34)33(32-23)24-28-9-4-10-29-24;1-2(3)4/h4-10,13-15,21,30H,3,11-12H2,1-2H3,(H3,26,27)(H,31,32,34);1H3,(H,3,4). The summed E-state index contributed by atoms with van der Waals surface area (Å²) in [6, 6.07) is 13.6. The summed E-state index contributed by atoms with van der Waals surface area (Å²) in [6.45, 7) is 4.21. The number of aliphatic carboxylic acids is 1. The van der Waals surface area contributed by atoms with Gasteiger partial charge in [0.2, 0.25) is 0 Å². The van der Waals surface area contributed by atoms with Crippen LogP contribution in [0, 0.1) is 5.41 Å². The molecule has 0 bridgehead atoms. The van der Waals surface area contributed by atoms with E-state index < -0.39 is 17.7 Å². The fraction of sp³-hybridized carbons (Fsp3) is 0.259. The van der Waals surface area contributed by atoms with Crippen molar-refractivity contribution in [3.05, 3.63) is 88.4 Å². The van der Waals surface area contributed by atoms with Crippen molar-refractivity contribution in [2.24, 2.45) is 5.73 Å². The number of aromatic amines is 1. The first-order chi connectivity index (χ1) is 19.7. The van der Waals surface area contributed by atoms with E-state index in [1.54, 1.807) is 43.5 Å². The van der Waals surface area contributed by atoms with Crippen LogP contribution in [-0.4, -0.2) is 68.6 Å². The molecule has 0 aliphatic rings. The van der Waals surface area contributed by atoms with E-state index in [1.165, 1.54) is 12.4 Å². The fourth-order valence-corrected chi connectivity index (χ4v) is 3.57. The van der Waals surface area contributed by atoms with Gasteiger partial charge < -0.3 is 30.4 Å². The molecule has 0 amide bonds. The largest absolute Gasteiger partial charge is 0.494 e. The monoisotopic (exact) mass is 564 g/mol. The van der Waals surface area contributed by atoms with Crippen molar-refractivity contribution < 1.29 is 24.1 Å². The number of carbonyl (C=O) groups is 1. The number of carboxylic acid groups (broad SMARTS) is 1. The number of hydrogen-bond donors (Lipinski definition) is 5. The van der Waals surface area contributed by atoms with E-state index >= 15 is 0 Å². The average molecular weight is 565 g/mol. The van der Waals surface area contributed by atoms with Crippen molar-refractivity contribution >= 4 is 17.5 Å². The molecule has 0 aliphatic heterocycles. The number of nitrogens with two attached hydrogens (primary N) is 1. The highest BCUT2D eigenvalue weighted by Gasteiger charge is 2.23. The molecule has 41 heavy (non-hydrogen) atoms. The zero-order chi connectivity index (χ0) is 29.8. The van der Waals surface area contributed by atoms with Crippen molar-refractivity contribution in [1.82, 2.24) is 24.7 Å². The van der Waals surface area contributed by atoms with E-state index in [2.05, 4.69) is 25.4 Å². The van der Waals surface area contributed by atoms with Crippen LogP contribution in [0.3, 0.4) is 0 Å². The number of hydrogen-bond acceptors (Lipinski definition) is 10. The van der Waals surface area contributed by atoms with Gasteiger partial charge in [0, 0.05) is 43.7 Å². The number of benzene rings is 2. The number of rotatable bonds is 12. The van der Waals surface area contributed by atoms with E-state index in [9.17, 15) is 4.79 Å². The Labute approximate surface area is 235 Å². The number of nitrogens with zero attached hydrogens (tertiary/aromatic N) is 4. The quantitative estimate of drug-likeness (QED) is 0.0959. The summed E-state index contributed by atoms with van der Waals surface area (Å²) in [6.07, 6.45) is 3.06. The lowest BCUT2D eigenvalue weighted by Gasteiger charge is -2.20. The van der Waals surface area contributed by atoms with Crippen molar-refractivity contribution in [3.8, 4) is 17.4 Å². The number of nitrogens with one attached hydrogen (secondary N) is 3. The van der Waals surface area contributed by atoms with Gasteiger partial charge in [0.15, 0.2) is 5.82 Å². The molecule has 1 unspecified atom stereocenters. The number of nitrogen functional groups attached to an aromatic ring is 1. The Morgan fingerprint density at radius 1 is 1.12 bits per heavy atom. The number of aromatic nitrogens is 5. The van der Waals surface area contributed by atoms with E-state index in [4.69, 9.17) is 35.3 Å². The molecule has 0 saturated carbocycles. The molecule has 0 spiro atoms. The van der Waals surface area contributed by atoms with Crippen LogP contribution < -0.4 is 26.2 Å². The molecule has 4 rings (SSSR count). The van der Waals surface area contributed by atoms with Gasteiger partial charge in [-0.3, -0.25) is 15.2 Å². The number of ether oxygens (including phenoxy) is 3. The SMILES string of the molecule is CC(=O)O.CCOc1cc(OCCOC)cc(C(Nc2ccc(C(=N)N)cc2)c2nn(-c3ncccn3)c(=O)[nH]2)c1. The van der Waals surface area contributed by atoms with Gasteiger partial charge in [-0.2, -0.15) is 0 Å². The normalized spacial score (nSPS) is 11.1. The third kappa shape index (κ3) is 8.90. The molecule has 0 fully saturated rings. The van der Waals surface area contributed by atoms with Crippen LogP contribution in [0.15, 0.2) is 65.7 Å². The van der Waals surface area contributed by atoms with Gasteiger partial charge in [-0.25, -0.2) is 14.8 Å². The number of amidine groups is 1. The van der Waals surface area contributed by atoms with Crippen LogP contribution in [0.5, 0.6) is 11.5 Å². The molecule has 216 valence electrons. The van der Waals surface area contributed by atoms with E-state index in [1.807, 2.05) is 19.1 Å². The van der Waals surface area contributed by atoms with Gasteiger partial charge in [-0.1, -0.05) is 0 Å². The van der Waals surface area contributed by atoms with Gasteiger partial charge >= 0.3 is 5.69 Å². The smallest absolute Gasteiger partial charge is 0.350 e. The van der Waals surface area contributed by atoms with Crippen LogP contribution in [0.2, 0.25) is 0 Å². The lowest BCUT2D eigenvalue weighted by Crippen LogP contribution is -2.18. The average Bonchev–Trinajstić information content (AvgIpc) is 3.33. The van der Waals surface area contributed by atoms with Crippen molar-refractivity contribution in [2.45, 2.75) is 19.9 Å². The molecule has 14 heteroatoms. The van der Waals surface area contributed by atoms with Crippen LogP contribution in [0.4, 0.5) is 5.69 Å². The lowest BCUT2D eigenvalue weighted by atomic mass is 10.0. The molecule has 4 aromatic rings. The highest BCUT2D eigenvalue weighted by molar-refractivity contribution is 5.95. The van der Waals surface area contributed by atoms with E-state index in [0.29, 0.717) is 48.4 Å². The Bertz CT molecular complexity index is 1480. The lowest BCUT2D eigenvalue weighted by molar-refractivity contribution is -0.134. The Hall–Kier alpha value is -5.24. The Morgan fingerprint density at radius 2 is 1.76 bits per heavy atom. The predicted octanol–water partition coefficient (Wildman–Crippen LogP) is 2.35. The molecule has 0 saturated heterocycles. The number of methoxy groups -OCH3 is 1. The van der Waals surface area contributed by atoms with Gasteiger partial charge in [0.25, 0.3) is 11.9 Å². The summed E-state index contributed by atoms with van der Waals surface area (Å²) in [7, 11) is 1.60. The minimum atomic E-state index is -0.833. The first kappa shape index (κ1) is 30.3. The molecule has 2 aromatic carbocycles. The second-order valence-electron chi connectivity index (χ2n) is 8.38. The predicted molar refractivity (Wildman–Crippen MR) is 151 cm³/mol. The molecule has 6 N–H and O–H groups in total. The van der Waals surface area contributed by atoms with Crippen molar-refractivity contribution in [3.63, 3.8) is 0 Å². The fourth-order valence-electron chi connectivity index (χ4n) is 3.57. The number of carboxylic acids is 1. The third-order valence-electron chi connectivity index (χ3n) is 5.26. The maximum atomic E-state index is 12.8. The summed E-state index contributed by atoms with van der Waals surface area (Å²) in [5, 5.41) is 22.9. The first-order valence-electron chi connectivity index (χ1n) is 12.5. The maximum Gasteiger partial charge on any atom is 0.350 e. The number of H-pyrrole nitrogens is 1. The summed E-state index contributed by atoms with van der Waals surface area (Å²) in [5.74, 6) is 0.774. The minimum absolute atomic E-state index is 0.0312. The molecule has 2 heterocycles. The number of anilines is 1. The zero-order valence-electron chi connectivity index (χ0n) is 22.8. The van der Waals surface area contributed by atoms with Gasteiger partial charge in [0.05, 0.1) is 13.2 Å². The van der Waals surface area contributed by atoms with Gasteiger partial charge in [-0.05, 0) is 55.0 Å². The van der Waals surface area contributed by atoms with Gasteiger partial charge in [-0.15, -0.1) is 9.78 Å². The van der Waals surface area contributed by atoms with Gasteiger partial charge in [0.1, 0.15) is 30.0 Å².